The first-order valence-corrected chi connectivity index (χ1v) is 6.98. The van der Waals surface area contributed by atoms with Crippen LogP contribution in [0.4, 0.5) is 8.78 Å². The maximum Gasteiger partial charge on any atom is 0.222 e. The first-order valence-electron chi connectivity index (χ1n) is 6.98. The highest BCUT2D eigenvalue weighted by Crippen LogP contribution is 2.15. The van der Waals surface area contributed by atoms with Crippen LogP contribution in [-0.2, 0) is 11.2 Å². The average Bonchev–Trinajstić information content (AvgIpc) is 2.48. The fourth-order valence-corrected chi connectivity index (χ4v) is 2.55. The van der Waals surface area contributed by atoms with Gasteiger partial charge in [-0.1, -0.05) is 0 Å². The van der Waals surface area contributed by atoms with Gasteiger partial charge in [-0.25, -0.2) is 8.78 Å². The minimum absolute atomic E-state index is 0. The molecule has 21 heavy (non-hydrogen) atoms. The summed E-state index contributed by atoms with van der Waals surface area (Å²) < 4.78 is 26.5. The van der Waals surface area contributed by atoms with Crippen molar-refractivity contribution in [1.82, 2.24) is 10.2 Å². The van der Waals surface area contributed by atoms with Crippen molar-refractivity contribution in [2.24, 2.45) is 0 Å². The molecule has 1 aromatic carbocycles. The Hall–Kier alpha value is -1.20. The fraction of sp³-hybridized carbons (Fsp3) is 0.533. The minimum Gasteiger partial charge on any atom is -0.343 e. The number of halogens is 3. The van der Waals surface area contributed by atoms with Gasteiger partial charge in [-0.15, -0.1) is 12.4 Å². The summed E-state index contributed by atoms with van der Waals surface area (Å²) in [5.41, 5.74) is 0.261. The number of carbonyl (C=O) groups is 1. The van der Waals surface area contributed by atoms with Crippen LogP contribution < -0.4 is 5.32 Å². The topological polar surface area (TPSA) is 32.3 Å². The van der Waals surface area contributed by atoms with Crippen molar-refractivity contribution in [2.75, 3.05) is 20.1 Å². The van der Waals surface area contributed by atoms with Gasteiger partial charge in [0.2, 0.25) is 5.91 Å². The van der Waals surface area contributed by atoms with Gasteiger partial charge in [0.1, 0.15) is 11.6 Å². The zero-order valence-corrected chi connectivity index (χ0v) is 12.9. The van der Waals surface area contributed by atoms with Crippen LogP contribution in [0.25, 0.3) is 0 Å². The van der Waals surface area contributed by atoms with E-state index in [1.165, 1.54) is 0 Å². The Morgan fingerprint density at radius 3 is 2.67 bits per heavy atom. The molecule has 1 heterocycles. The highest BCUT2D eigenvalue weighted by atomic mass is 35.5. The summed E-state index contributed by atoms with van der Waals surface area (Å²) in [6, 6.07) is 3.60. The summed E-state index contributed by atoms with van der Waals surface area (Å²) in [7, 11) is 1.79. The smallest absolute Gasteiger partial charge is 0.222 e. The summed E-state index contributed by atoms with van der Waals surface area (Å²) in [5.74, 6) is -0.940. The first-order chi connectivity index (χ1) is 9.58. The summed E-state index contributed by atoms with van der Waals surface area (Å²) in [6.45, 7) is 1.83. The molecule has 1 aliphatic rings. The van der Waals surface area contributed by atoms with Gasteiger partial charge in [0.15, 0.2) is 0 Å². The Kier molecular flexibility index (Phi) is 7.05. The van der Waals surface area contributed by atoms with E-state index in [0.717, 1.165) is 44.1 Å². The maximum atomic E-state index is 13.5. The molecule has 1 amide bonds. The molecule has 3 nitrogen and oxygen atoms in total. The van der Waals surface area contributed by atoms with E-state index in [-0.39, 0.29) is 42.8 Å². The van der Waals surface area contributed by atoms with E-state index in [1.807, 2.05) is 0 Å². The van der Waals surface area contributed by atoms with Crippen molar-refractivity contribution in [1.29, 1.82) is 0 Å². The van der Waals surface area contributed by atoms with Crippen LogP contribution in [-0.4, -0.2) is 37.0 Å². The highest BCUT2D eigenvalue weighted by molar-refractivity contribution is 5.85. The fourth-order valence-electron chi connectivity index (χ4n) is 2.55. The maximum absolute atomic E-state index is 13.5. The minimum atomic E-state index is -0.472. The number of rotatable bonds is 4. The molecule has 0 spiro atoms. The lowest BCUT2D eigenvalue weighted by Crippen LogP contribution is -2.44. The lowest BCUT2D eigenvalue weighted by molar-refractivity contribution is -0.132. The van der Waals surface area contributed by atoms with Crippen molar-refractivity contribution in [3.8, 4) is 0 Å². The number of piperidine rings is 1. The zero-order valence-electron chi connectivity index (χ0n) is 12.1. The van der Waals surface area contributed by atoms with Crippen molar-refractivity contribution >= 4 is 18.3 Å². The molecule has 2 rings (SSSR count). The SMILES string of the molecule is CN(C(=O)CCc1cc(F)ccc1F)C1CCNCC1.Cl. The van der Waals surface area contributed by atoms with E-state index in [2.05, 4.69) is 5.32 Å². The zero-order chi connectivity index (χ0) is 14.5. The van der Waals surface area contributed by atoms with Crippen LogP contribution in [0.3, 0.4) is 0 Å². The van der Waals surface area contributed by atoms with Crippen molar-refractivity contribution in [3.63, 3.8) is 0 Å². The van der Waals surface area contributed by atoms with E-state index >= 15 is 0 Å². The molecule has 0 unspecified atom stereocenters. The van der Waals surface area contributed by atoms with Crippen LogP contribution in [0.15, 0.2) is 18.2 Å². The van der Waals surface area contributed by atoms with Crippen LogP contribution in [0, 0.1) is 11.6 Å². The van der Waals surface area contributed by atoms with Crippen LogP contribution in [0.1, 0.15) is 24.8 Å². The molecule has 0 bridgehead atoms. The van der Waals surface area contributed by atoms with Gasteiger partial charge >= 0.3 is 0 Å². The Morgan fingerprint density at radius 2 is 2.00 bits per heavy atom. The van der Waals surface area contributed by atoms with Crippen molar-refractivity contribution in [3.05, 3.63) is 35.4 Å². The summed E-state index contributed by atoms with van der Waals surface area (Å²) >= 11 is 0. The molecule has 1 N–H and O–H groups in total. The normalized spacial score (nSPS) is 15.4. The molecule has 0 aromatic heterocycles. The molecule has 0 atom stereocenters. The second kappa shape index (κ2) is 8.29. The lowest BCUT2D eigenvalue weighted by atomic mass is 10.0. The molecule has 118 valence electrons. The van der Waals surface area contributed by atoms with Gasteiger partial charge in [0, 0.05) is 19.5 Å². The number of benzene rings is 1. The van der Waals surface area contributed by atoms with Crippen LogP contribution in [0.2, 0.25) is 0 Å². The molecule has 1 aromatic rings. The van der Waals surface area contributed by atoms with Crippen LogP contribution in [0.5, 0.6) is 0 Å². The standard InChI is InChI=1S/C15H20F2N2O.ClH/c1-19(13-6-8-18-9-7-13)15(20)5-2-11-10-12(16)3-4-14(11)17;/h3-4,10,13,18H,2,5-9H2,1H3;1H. The molecule has 1 aliphatic heterocycles. The third kappa shape index (κ3) is 4.93. The molecule has 1 fully saturated rings. The third-order valence-corrected chi connectivity index (χ3v) is 3.87. The number of nitrogens with zero attached hydrogens (tertiary/aromatic N) is 1. The Labute approximate surface area is 130 Å². The molecule has 0 aliphatic carbocycles. The molecule has 6 heteroatoms. The molecular formula is C15H21ClF2N2O. The second-order valence-corrected chi connectivity index (χ2v) is 5.22. The largest absolute Gasteiger partial charge is 0.343 e. The van der Waals surface area contributed by atoms with Gasteiger partial charge in [0.05, 0.1) is 0 Å². The van der Waals surface area contributed by atoms with E-state index in [9.17, 15) is 13.6 Å². The summed E-state index contributed by atoms with van der Waals surface area (Å²) in [4.78, 5) is 13.8. The number of amides is 1. The van der Waals surface area contributed by atoms with Crippen molar-refractivity contribution < 1.29 is 13.6 Å². The number of hydrogen-bond acceptors (Lipinski definition) is 2. The molecular weight excluding hydrogens is 298 g/mol. The lowest BCUT2D eigenvalue weighted by Gasteiger charge is -2.31. The number of aryl methyl sites for hydroxylation is 1. The third-order valence-electron chi connectivity index (χ3n) is 3.87. The molecule has 0 radical (unpaired) electrons. The predicted molar refractivity (Wildman–Crippen MR) is 80.6 cm³/mol. The molecule has 1 saturated heterocycles. The van der Waals surface area contributed by atoms with Crippen LogP contribution >= 0.6 is 12.4 Å². The van der Waals surface area contributed by atoms with Crippen molar-refractivity contribution in [2.45, 2.75) is 31.7 Å². The molecule has 0 saturated carbocycles. The van der Waals surface area contributed by atoms with Gasteiger partial charge in [0.25, 0.3) is 0 Å². The monoisotopic (exact) mass is 318 g/mol. The predicted octanol–water partition coefficient (Wildman–Crippen LogP) is 2.53. The average molecular weight is 319 g/mol. The quantitative estimate of drug-likeness (QED) is 0.925. The number of hydrogen-bond donors (Lipinski definition) is 1. The Balaban J connectivity index is 0.00000220. The van der Waals surface area contributed by atoms with Gasteiger partial charge in [-0.05, 0) is 56.1 Å². The number of carbonyl (C=O) groups excluding carboxylic acids is 1. The van der Waals surface area contributed by atoms with E-state index in [0.29, 0.717) is 0 Å². The van der Waals surface area contributed by atoms with Gasteiger partial charge < -0.3 is 10.2 Å². The van der Waals surface area contributed by atoms with E-state index in [4.69, 9.17) is 0 Å². The Bertz CT molecular complexity index is 479. The summed E-state index contributed by atoms with van der Waals surface area (Å²) in [6.07, 6.45) is 2.33. The number of nitrogens with one attached hydrogen (secondary N) is 1. The second-order valence-electron chi connectivity index (χ2n) is 5.22. The first kappa shape index (κ1) is 17.9. The summed E-state index contributed by atoms with van der Waals surface area (Å²) in [5, 5.41) is 3.25. The Morgan fingerprint density at radius 1 is 1.33 bits per heavy atom. The van der Waals surface area contributed by atoms with Gasteiger partial charge in [-0.2, -0.15) is 0 Å². The van der Waals surface area contributed by atoms with E-state index in [1.54, 1.807) is 11.9 Å². The van der Waals surface area contributed by atoms with E-state index < -0.39 is 11.6 Å². The highest BCUT2D eigenvalue weighted by Gasteiger charge is 2.21. The van der Waals surface area contributed by atoms with Gasteiger partial charge in [-0.3, -0.25) is 4.79 Å².